The van der Waals surface area contributed by atoms with Gasteiger partial charge < -0.3 is 19.1 Å². The van der Waals surface area contributed by atoms with Crippen LogP contribution >= 0.6 is 0 Å². The molecule has 3 aliphatic heterocycles. The molecule has 0 aromatic rings. The molecule has 3 heterocycles. The number of likely N-dealkylation sites (tertiary alicyclic amines) is 1. The van der Waals surface area contributed by atoms with Crippen LogP contribution in [0.15, 0.2) is 0 Å². The van der Waals surface area contributed by atoms with Gasteiger partial charge in [0.2, 0.25) is 0 Å². The van der Waals surface area contributed by atoms with E-state index in [2.05, 4.69) is 11.8 Å². The Morgan fingerprint density at radius 2 is 2.03 bits per heavy atom. The number of hydrogen-bond donors (Lipinski definition) is 0. The normalized spacial score (nSPS) is 44.8. The van der Waals surface area contributed by atoms with Crippen molar-refractivity contribution in [3.8, 4) is 0 Å². The fourth-order valence-electron chi connectivity index (χ4n) is 7.06. The van der Waals surface area contributed by atoms with Crippen molar-refractivity contribution in [3.63, 3.8) is 0 Å². The van der Waals surface area contributed by atoms with Gasteiger partial charge in [0.1, 0.15) is 6.10 Å². The van der Waals surface area contributed by atoms with Crippen molar-refractivity contribution in [2.75, 3.05) is 32.8 Å². The van der Waals surface area contributed by atoms with E-state index in [-0.39, 0.29) is 40.9 Å². The molecule has 162 valence electrons. The zero-order chi connectivity index (χ0) is 20.2. The number of epoxide rings is 1. The van der Waals surface area contributed by atoms with Crippen molar-refractivity contribution < 1.29 is 23.8 Å². The molecule has 0 radical (unpaired) electrons. The largest absolute Gasteiger partial charge is 0.466 e. The van der Waals surface area contributed by atoms with Gasteiger partial charge in [0.25, 0.3) is 0 Å². The molecule has 6 heteroatoms. The number of piperidine rings is 1. The number of esters is 2. The number of carbonyl (C=O) groups is 2. The summed E-state index contributed by atoms with van der Waals surface area (Å²) in [6, 6.07) is 0. The summed E-state index contributed by atoms with van der Waals surface area (Å²) in [5.74, 6) is 0.811. The van der Waals surface area contributed by atoms with Crippen LogP contribution in [0.1, 0.15) is 58.8 Å². The van der Waals surface area contributed by atoms with Crippen molar-refractivity contribution in [2.45, 2.75) is 70.5 Å². The molecule has 0 unspecified atom stereocenters. The first-order valence-corrected chi connectivity index (χ1v) is 11.7. The molecule has 5 fully saturated rings. The molecule has 3 saturated heterocycles. The Balaban J connectivity index is 1.23. The van der Waals surface area contributed by atoms with Crippen LogP contribution in [-0.2, 0) is 23.8 Å². The molecular formula is C23H35NO5. The van der Waals surface area contributed by atoms with Crippen LogP contribution in [0.25, 0.3) is 0 Å². The predicted molar refractivity (Wildman–Crippen MR) is 106 cm³/mol. The first-order valence-electron chi connectivity index (χ1n) is 11.7. The highest BCUT2D eigenvalue weighted by atomic mass is 16.6. The Hall–Kier alpha value is -1.14. The molecule has 29 heavy (non-hydrogen) atoms. The first-order chi connectivity index (χ1) is 13.9. The fraction of sp³-hybridized carbons (Fsp3) is 0.913. The Labute approximate surface area is 173 Å². The highest BCUT2D eigenvalue weighted by molar-refractivity contribution is 5.76. The van der Waals surface area contributed by atoms with Gasteiger partial charge in [0.05, 0.1) is 30.7 Å². The molecule has 6 atom stereocenters. The number of nitrogens with zero attached hydrogens (tertiary/aromatic N) is 1. The summed E-state index contributed by atoms with van der Waals surface area (Å²) in [5.41, 5.74) is 0.356. The average molecular weight is 406 g/mol. The minimum Gasteiger partial charge on any atom is -0.466 e. The van der Waals surface area contributed by atoms with Crippen molar-refractivity contribution in [1.29, 1.82) is 0 Å². The molecule has 5 rings (SSSR count). The van der Waals surface area contributed by atoms with E-state index >= 15 is 0 Å². The molecular weight excluding hydrogens is 370 g/mol. The summed E-state index contributed by atoms with van der Waals surface area (Å²) < 4.78 is 17.1. The molecule has 0 N–H and O–H groups in total. The zero-order valence-corrected chi connectivity index (χ0v) is 17.9. The second kappa shape index (κ2) is 7.23. The summed E-state index contributed by atoms with van der Waals surface area (Å²) >= 11 is 0. The molecule has 1 spiro atoms. The summed E-state index contributed by atoms with van der Waals surface area (Å²) in [5, 5.41) is 0. The van der Waals surface area contributed by atoms with Crippen molar-refractivity contribution in [1.82, 2.24) is 4.90 Å². The lowest BCUT2D eigenvalue weighted by Crippen LogP contribution is -2.51. The van der Waals surface area contributed by atoms with Crippen LogP contribution in [0.4, 0.5) is 0 Å². The van der Waals surface area contributed by atoms with Crippen LogP contribution in [-0.4, -0.2) is 61.4 Å². The van der Waals surface area contributed by atoms with Crippen molar-refractivity contribution in [3.05, 3.63) is 0 Å². The summed E-state index contributed by atoms with van der Waals surface area (Å²) in [7, 11) is 0. The van der Waals surface area contributed by atoms with E-state index in [1.165, 1.54) is 19.3 Å². The van der Waals surface area contributed by atoms with Gasteiger partial charge in [-0.1, -0.05) is 6.92 Å². The molecule has 6 nitrogen and oxygen atoms in total. The van der Waals surface area contributed by atoms with Gasteiger partial charge in [0.15, 0.2) is 0 Å². The highest BCUT2D eigenvalue weighted by Gasteiger charge is 2.65. The van der Waals surface area contributed by atoms with E-state index in [1.807, 2.05) is 6.92 Å². The highest BCUT2D eigenvalue weighted by Crippen LogP contribution is 2.62. The van der Waals surface area contributed by atoms with Crippen LogP contribution < -0.4 is 0 Å². The maximum Gasteiger partial charge on any atom is 0.310 e. The molecule has 0 amide bonds. The monoisotopic (exact) mass is 405 g/mol. The van der Waals surface area contributed by atoms with Crippen LogP contribution in [0.5, 0.6) is 0 Å². The second-order valence-corrected chi connectivity index (χ2v) is 10.4. The standard InChI is InChI=1S/C23H35NO5/c1-3-27-20(25)15-5-9-24(10-6-15)13-17-16-11-19-22(2,12-18(16)29-21(17)26)7-4-8-23(19)14-28-23/h15-19H,3-14H2,1-2H3/t16-,17+,18-,19-,22-,23+/m1/s1. The lowest BCUT2D eigenvalue weighted by molar-refractivity contribution is -0.150. The molecule has 0 aromatic heterocycles. The van der Waals surface area contributed by atoms with Gasteiger partial charge in [-0.2, -0.15) is 0 Å². The number of fused-ring (bicyclic) bond motifs is 3. The summed E-state index contributed by atoms with van der Waals surface area (Å²) in [4.78, 5) is 27.2. The Kier molecular flexibility index (Phi) is 4.93. The van der Waals surface area contributed by atoms with Crippen LogP contribution in [0.2, 0.25) is 0 Å². The number of rotatable bonds is 4. The van der Waals surface area contributed by atoms with Gasteiger partial charge >= 0.3 is 11.9 Å². The van der Waals surface area contributed by atoms with E-state index < -0.39 is 0 Å². The Bertz CT molecular complexity index is 668. The van der Waals surface area contributed by atoms with Crippen molar-refractivity contribution >= 4 is 11.9 Å². The molecule has 5 aliphatic rings. The lowest BCUT2D eigenvalue weighted by Gasteiger charge is -2.51. The lowest BCUT2D eigenvalue weighted by atomic mass is 9.53. The van der Waals surface area contributed by atoms with E-state index in [1.54, 1.807) is 0 Å². The van der Waals surface area contributed by atoms with E-state index in [4.69, 9.17) is 14.2 Å². The first kappa shape index (κ1) is 19.8. The maximum atomic E-state index is 12.8. The summed E-state index contributed by atoms with van der Waals surface area (Å²) in [6.07, 6.45) is 7.45. The van der Waals surface area contributed by atoms with Crippen LogP contribution in [0, 0.1) is 29.1 Å². The Morgan fingerprint density at radius 3 is 2.72 bits per heavy atom. The van der Waals surface area contributed by atoms with Gasteiger partial charge in [-0.15, -0.1) is 0 Å². The quantitative estimate of drug-likeness (QED) is 0.529. The van der Waals surface area contributed by atoms with Gasteiger partial charge in [-0.25, -0.2) is 0 Å². The average Bonchev–Trinajstić information content (AvgIpc) is 3.40. The third-order valence-electron chi connectivity index (χ3n) is 8.74. The van der Waals surface area contributed by atoms with Gasteiger partial charge in [0, 0.05) is 12.5 Å². The maximum absolute atomic E-state index is 12.8. The van der Waals surface area contributed by atoms with E-state index in [0.717, 1.165) is 51.9 Å². The van der Waals surface area contributed by atoms with Gasteiger partial charge in [-0.3, -0.25) is 9.59 Å². The van der Waals surface area contributed by atoms with E-state index in [0.29, 0.717) is 18.4 Å². The van der Waals surface area contributed by atoms with Crippen molar-refractivity contribution in [2.24, 2.45) is 29.1 Å². The van der Waals surface area contributed by atoms with Crippen LogP contribution in [0.3, 0.4) is 0 Å². The SMILES string of the molecule is CCOC(=O)C1CCN(C[C@@H]2C(=O)O[C@@H]3C[C@@]4(C)CCC[C@]5(CO5)[C@@H]4C[C@H]23)CC1. The molecule has 2 aliphatic carbocycles. The molecule has 0 bridgehead atoms. The molecule has 2 saturated carbocycles. The topological polar surface area (TPSA) is 68.4 Å². The number of ether oxygens (including phenoxy) is 3. The van der Waals surface area contributed by atoms with Gasteiger partial charge in [-0.05, 0) is 76.3 Å². The smallest absolute Gasteiger partial charge is 0.310 e. The third-order valence-corrected chi connectivity index (χ3v) is 8.74. The minimum absolute atomic E-state index is 0.000489. The summed E-state index contributed by atoms with van der Waals surface area (Å²) in [6.45, 7) is 8.10. The second-order valence-electron chi connectivity index (χ2n) is 10.4. The number of hydrogen-bond acceptors (Lipinski definition) is 6. The molecule has 0 aromatic carbocycles. The van der Waals surface area contributed by atoms with E-state index in [9.17, 15) is 9.59 Å². The Morgan fingerprint density at radius 1 is 1.28 bits per heavy atom. The zero-order valence-electron chi connectivity index (χ0n) is 17.9. The fourth-order valence-corrected chi connectivity index (χ4v) is 7.06. The minimum atomic E-state index is -0.0638. The predicted octanol–water partition coefficient (Wildman–Crippen LogP) is 2.79. The third kappa shape index (κ3) is 3.40. The number of carbonyl (C=O) groups excluding carboxylic acids is 2.